The molecule has 0 spiro atoms. The fourth-order valence-corrected chi connectivity index (χ4v) is 12.0. The Kier molecular flexibility index (Phi) is 8.61. The average Bonchev–Trinajstić information content (AvgIpc) is 4.06. The Labute approximate surface area is 378 Å². The van der Waals surface area contributed by atoms with Gasteiger partial charge in [-0.25, -0.2) is 0 Å². The maximum atomic E-state index is 7.08. The van der Waals surface area contributed by atoms with E-state index in [9.17, 15) is 0 Å². The van der Waals surface area contributed by atoms with Crippen molar-refractivity contribution in [2.75, 3.05) is 4.90 Å². The first-order chi connectivity index (χ1) is 31.7. The second-order valence-electron chi connectivity index (χ2n) is 16.4. The fourth-order valence-electron chi connectivity index (χ4n) is 9.66. The van der Waals surface area contributed by atoms with Gasteiger partial charge in [0.25, 0.3) is 0 Å². The minimum Gasteiger partial charge on any atom is -0.455 e. The Morgan fingerprint density at radius 1 is 0.312 bits per heavy atom. The van der Waals surface area contributed by atoms with Crippen molar-refractivity contribution in [2.24, 2.45) is 0 Å². The van der Waals surface area contributed by atoms with Gasteiger partial charge in [0.2, 0.25) is 0 Å². The third kappa shape index (κ3) is 6.06. The second kappa shape index (κ2) is 15.0. The van der Waals surface area contributed by atoms with E-state index in [0.29, 0.717) is 0 Å². The summed E-state index contributed by atoms with van der Waals surface area (Å²) in [5.41, 5.74) is 14.3. The van der Waals surface area contributed by atoms with Crippen LogP contribution in [-0.2, 0) is 0 Å². The summed E-state index contributed by atoms with van der Waals surface area (Å²) in [5.74, 6) is 0. The molecule has 3 aromatic heterocycles. The van der Waals surface area contributed by atoms with Gasteiger partial charge in [0.05, 0.1) is 11.1 Å². The monoisotopic (exact) mass is 851 g/mol. The van der Waals surface area contributed by atoms with Gasteiger partial charge in [-0.2, -0.15) is 0 Å². The van der Waals surface area contributed by atoms with E-state index in [4.69, 9.17) is 4.42 Å². The Morgan fingerprint density at radius 3 is 1.64 bits per heavy atom. The first kappa shape index (κ1) is 36.9. The lowest BCUT2D eigenvalue weighted by molar-refractivity contribution is 0.670. The molecule has 0 bridgehead atoms. The number of benzene rings is 10. The van der Waals surface area contributed by atoms with Crippen LogP contribution in [-0.4, -0.2) is 0 Å². The third-order valence-corrected chi connectivity index (χ3v) is 14.9. The Morgan fingerprint density at radius 2 is 0.891 bits per heavy atom. The lowest BCUT2D eigenvalue weighted by atomic mass is 9.94. The molecule has 13 aromatic rings. The van der Waals surface area contributed by atoms with Crippen molar-refractivity contribution in [3.8, 4) is 44.5 Å². The molecule has 0 saturated heterocycles. The largest absolute Gasteiger partial charge is 0.455 e. The Balaban J connectivity index is 1.09. The molecule has 2 nitrogen and oxygen atoms in total. The van der Waals surface area contributed by atoms with Gasteiger partial charge < -0.3 is 9.32 Å². The van der Waals surface area contributed by atoms with E-state index >= 15 is 0 Å². The van der Waals surface area contributed by atoms with Gasteiger partial charge in [-0.3, -0.25) is 0 Å². The molecule has 0 fully saturated rings. The molecule has 0 aliphatic carbocycles. The summed E-state index contributed by atoms with van der Waals surface area (Å²) in [6.07, 6.45) is 0. The number of fused-ring (bicyclic) bond motifs is 9. The highest BCUT2D eigenvalue weighted by Crippen LogP contribution is 2.50. The molecule has 0 atom stereocenters. The number of hydrogen-bond donors (Lipinski definition) is 0. The fraction of sp³-hybridized carbons (Fsp3) is 0. The standard InChI is InChI=1S/C60H37NOS2/c1-5-15-38(16-6-1)42-25-28-49-53(34-42)62-60-46(40-19-9-3-10-20-40)30-31-52(59(49)60)61(45-26-29-48-47-23-13-14-24-54(47)63-56(48)37-45)44-27-32-55-51(36-44)58-50(41-21-11-4-12-22-41)33-43(35-57(58)64-55)39-17-7-2-8-18-39/h1-37H. The van der Waals surface area contributed by atoms with Crippen molar-refractivity contribution in [3.63, 3.8) is 0 Å². The van der Waals surface area contributed by atoms with Crippen LogP contribution >= 0.6 is 22.7 Å². The third-order valence-electron chi connectivity index (χ3n) is 12.7. The van der Waals surface area contributed by atoms with Gasteiger partial charge in [-0.05, 0) is 112 Å². The van der Waals surface area contributed by atoms with Crippen LogP contribution in [0.25, 0.3) is 107 Å². The summed E-state index contributed by atoms with van der Waals surface area (Å²) in [6.45, 7) is 0. The van der Waals surface area contributed by atoms with Crippen molar-refractivity contribution >= 4 is 102 Å². The maximum absolute atomic E-state index is 7.08. The molecule has 13 rings (SSSR count). The summed E-state index contributed by atoms with van der Waals surface area (Å²) in [7, 11) is 0. The van der Waals surface area contributed by atoms with Gasteiger partial charge in [-0.15, -0.1) is 22.7 Å². The van der Waals surface area contributed by atoms with E-state index in [1.54, 1.807) is 0 Å². The van der Waals surface area contributed by atoms with Crippen molar-refractivity contribution < 1.29 is 4.42 Å². The molecular weight excluding hydrogens is 815 g/mol. The Bertz CT molecular complexity index is 3890. The van der Waals surface area contributed by atoms with Gasteiger partial charge >= 0.3 is 0 Å². The molecule has 0 saturated carbocycles. The van der Waals surface area contributed by atoms with Crippen LogP contribution < -0.4 is 4.90 Å². The minimum atomic E-state index is 0.863. The summed E-state index contributed by atoms with van der Waals surface area (Å²) in [6, 6.07) is 81.6. The van der Waals surface area contributed by atoms with Gasteiger partial charge in [0.1, 0.15) is 11.2 Å². The van der Waals surface area contributed by atoms with Crippen LogP contribution in [0.4, 0.5) is 17.1 Å². The summed E-state index contributed by atoms with van der Waals surface area (Å²) in [5, 5.41) is 7.25. The van der Waals surface area contributed by atoms with Crippen molar-refractivity contribution in [1.82, 2.24) is 0 Å². The zero-order chi connectivity index (χ0) is 42.1. The highest BCUT2D eigenvalue weighted by atomic mass is 32.1. The van der Waals surface area contributed by atoms with E-state index in [-0.39, 0.29) is 0 Å². The normalized spacial score (nSPS) is 11.8. The van der Waals surface area contributed by atoms with Crippen LogP contribution in [0.2, 0.25) is 0 Å². The number of rotatable bonds is 7. The van der Waals surface area contributed by atoms with Crippen molar-refractivity contribution in [3.05, 3.63) is 224 Å². The summed E-state index contributed by atoms with van der Waals surface area (Å²) >= 11 is 3.72. The molecule has 0 amide bonds. The van der Waals surface area contributed by atoms with Gasteiger partial charge in [0.15, 0.2) is 0 Å². The predicted molar refractivity (Wildman–Crippen MR) is 276 cm³/mol. The summed E-state index contributed by atoms with van der Waals surface area (Å²) in [4.78, 5) is 2.46. The SMILES string of the molecule is c1ccc(-c2ccc3c(c2)oc2c(-c4ccccc4)ccc(N(c4ccc5c(c4)sc4ccccc45)c4ccc5sc6cc(-c7ccccc7)cc(-c7ccccc7)c6c5c4)c23)cc1. The molecule has 0 radical (unpaired) electrons. The van der Waals surface area contributed by atoms with Crippen LogP contribution in [0, 0.1) is 0 Å². The number of hydrogen-bond acceptors (Lipinski definition) is 4. The number of furan rings is 1. The number of thiophene rings is 2. The van der Waals surface area contributed by atoms with Crippen molar-refractivity contribution in [1.29, 1.82) is 0 Å². The lowest BCUT2D eigenvalue weighted by Crippen LogP contribution is -2.10. The van der Waals surface area contributed by atoms with Crippen LogP contribution in [0.15, 0.2) is 229 Å². The zero-order valence-electron chi connectivity index (χ0n) is 34.5. The smallest absolute Gasteiger partial charge is 0.145 e. The van der Waals surface area contributed by atoms with Crippen LogP contribution in [0.5, 0.6) is 0 Å². The first-order valence-corrected chi connectivity index (χ1v) is 23.3. The number of anilines is 3. The average molecular weight is 852 g/mol. The number of nitrogens with zero attached hydrogens (tertiary/aromatic N) is 1. The first-order valence-electron chi connectivity index (χ1n) is 21.6. The second-order valence-corrected chi connectivity index (χ2v) is 18.6. The molecule has 300 valence electrons. The topological polar surface area (TPSA) is 16.4 Å². The molecule has 3 heterocycles. The highest BCUT2D eigenvalue weighted by molar-refractivity contribution is 7.26. The predicted octanol–water partition coefficient (Wildman–Crippen LogP) is 18.5. The molecule has 0 aliphatic rings. The van der Waals surface area contributed by atoms with E-state index in [1.165, 1.54) is 62.6 Å². The Hall–Kier alpha value is -7.76. The maximum Gasteiger partial charge on any atom is 0.145 e. The van der Waals surface area contributed by atoms with E-state index in [1.807, 2.05) is 22.7 Å². The van der Waals surface area contributed by atoms with Gasteiger partial charge in [-0.1, -0.05) is 152 Å². The van der Waals surface area contributed by atoms with E-state index < -0.39 is 0 Å². The van der Waals surface area contributed by atoms with Crippen molar-refractivity contribution in [2.45, 2.75) is 0 Å². The highest BCUT2D eigenvalue weighted by Gasteiger charge is 2.24. The quantitative estimate of drug-likeness (QED) is 0.159. The van der Waals surface area contributed by atoms with E-state index in [0.717, 1.165) is 61.3 Å². The van der Waals surface area contributed by atoms with Crippen LogP contribution in [0.1, 0.15) is 0 Å². The molecule has 64 heavy (non-hydrogen) atoms. The molecule has 0 unspecified atom stereocenters. The van der Waals surface area contributed by atoms with Crippen LogP contribution in [0.3, 0.4) is 0 Å². The molecular formula is C60H37NOS2. The molecule has 10 aromatic carbocycles. The molecule has 0 aliphatic heterocycles. The lowest BCUT2D eigenvalue weighted by Gasteiger charge is -2.27. The van der Waals surface area contributed by atoms with Gasteiger partial charge in [0, 0.05) is 62.7 Å². The molecule has 0 N–H and O–H groups in total. The molecule has 4 heteroatoms. The van der Waals surface area contributed by atoms with E-state index in [2.05, 4.69) is 229 Å². The zero-order valence-corrected chi connectivity index (χ0v) is 36.2. The summed E-state index contributed by atoms with van der Waals surface area (Å²) < 4.78 is 12.2. The minimum absolute atomic E-state index is 0.863.